The third-order valence-corrected chi connectivity index (χ3v) is 5.85. The molecule has 0 bridgehead atoms. The van der Waals surface area contributed by atoms with Gasteiger partial charge in [-0.15, -0.1) is 0 Å². The summed E-state index contributed by atoms with van der Waals surface area (Å²) in [6.07, 6.45) is 0. The van der Waals surface area contributed by atoms with Gasteiger partial charge in [0.05, 0.1) is 4.90 Å². The number of nitrogens with zero attached hydrogens (tertiary/aromatic N) is 3. The van der Waals surface area contributed by atoms with Gasteiger partial charge in [-0.2, -0.15) is 0 Å². The van der Waals surface area contributed by atoms with E-state index in [9.17, 15) is 8.42 Å². The number of hydrogen-bond acceptors (Lipinski definition) is 6. The summed E-state index contributed by atoms with van der Waals surface area (Å²) in [5, 5.41) is 3.22. The maximum absolute atomic E-state index is 12.7. The van der Waals surface area contributed by atoms with Gasteiger partial charge in [0.1, 0.15) is 17.5 Å². The second-order valence-electron chi connectivity index (χ2n) is 7.13. The molecule has 8 heteroatoms. The topological polar surface area (TPSA) is 87.2 Å². The highest BCUT2D eigenvalue weighted by molar-refractivity contribution is 7.92. The van der Waals surface area contributed by atoms with E-state index in [2.05, 4.69) is 20.0 Å². The van der Waals surface area contributed by atoms with E-state index in [0.29, 0.717) is 22.9 Å². The highest BCUT2D eigenvalue weighted by Gasteiger charge is 2.16. The minimum absolute atomic E-state index is 0.276. The highest BCUT2D eigenvalue weighted by atomic mass is 32.2. The van der Waals surface area contributed by atoms with E-state index in [0.717, 1.165) is 17.1 Å². The molecule has 29 heavy (non-hydrogen) atoms. The predicted octanol–water partition coefficient (Wildman–Crippen LogP) is 4.01. The number of anilines is 4. The van der Waals surface area contributed by atoms with E-state index in [1.54, 1.807) is 43.3 Å². The summed E-state index contributed by atoms with van der Waals surface area (Å²) >= 11 is 0. The molecule has 0 saturated heterocycles. The minimum atomic E-state index is -3.65. The molecule has 0 aliphatic heterocycles. The maximum Gasteiger partial charge on any atom is 0.262 e. The van der Waals surface area contributed by atoms with Gasteiger partial charge in [0.25, 0.3) is 10.0 Å². The van der Waals surface area contributed by atoms with Gasteiger partial charge in [0.15, 0.2) is 0 Å². The lowest BCUT2D eigenvalue weighted by Gasteiger charge is -2.14. The van der Waals surface area contributed by atoms with Crippen molar-refractivity contribution in [2.24, 2.45) is 0 Å². The average molecular weight is 412 g/mol. The molecule has 1 aromatic heterocycles. The van der Waals surface area contributed by atoms with E-state index in [4.69, 9.17) is 0 Å². The molecular formula is C21H25N5O2S. The number of hydrogen-bond donors (Lipinski definition) is 2. The molecule has 3 aromatic rings. The smallest absolute Gasteiger partial charge is 0.262 e. The van der Waals surface area contributed by atoms with Gasteiger partial charge in [0, 0.05) is 31.5 Å². The molecule has 0 amide bonds. The summed E-state index contributed by atoms with van der Waals surface area (Å²) in [6, 6.07) is 14.1. The Morgan fingerprint density at radius 3 is 2.14 bits per heavy atom. The number of aromatic nitrogens is 2. The normalized spacial score (nSPS) is 11.2. The largest absolute Gasteiger partial charge is 0.363 e. The van der Waals surface area contributed by atoms with E-state index in [1.807, 2.05) is 45.0 Å². The zero-order valence-electron chi connectivity index (χ0n) is 17.2. The molecule has 152 valence electrons. The summed E-state index contributed by atoms with van der Waals surface area (Å²) in [6.45, 7) is 5.56. The van der Waals surface area contributed by atoms with E-state index < -0.39 is 10.0 Å². The van der Waals surface area contributed by atoms with Crippen LogP contribution >= 0.6 is 0 Å². The van der Waals surface area contributed by atoms with Crippen molar-refractivity contribution < 1.29 is 8.42 Å². The van der Waals surface area contributed by atoms with Crippen molar-refractivity contribution in [1.29, 1.82) is 0 Å². The Balaban J connectivity index is 1.77. The summed E-state index contributed by atoms with van der Waals surface area (Å²) < 4.78 is 28.0. The van der Waals surface area contributed by atoms with Crippen LogP contribution in [0.1, 0.15) is 17.0 Å². The molecule has 2 N–H and O–H groups in total. The fourth-order valence-electron chi connectivity index (χ4n) is 2.93. The molecule has 3 rings (SSSR count). The van der Waals surface area contributed by atoms with Crippen LogP contribution < -0.4 is 14.9 Å². The Hall–Kier alpha value is -3.13. The second-order valence-corrected chi connectivity index (χ2v) is 8.78. The average Bonchev–Trinajstić information content (AvgIpc) is 2.62. The quantitative estimate of drug-likeness (QED) is 0.637. The fourth-order valence-corrected chi connectivity index (χ4v) is 4.21. The molecule has 0 aliphatic carbocycles. The Morgan fingerprint density at radius 2 is 1.52 bits per heavy atom. The highest BCUT2D eigenvalue weighted by Crippen LogP contribution is 2.23. The van der Waals surface area contributed by atoms with Crippen LogP contribution in [0.5, 0.6) is 0 Å². The number of nitrogens with one attached hydrogen (secondary N) is 2. The Morgan fingerprint density at radius 1 is 0.862 bits per heavy atom. The molecule has 0 spiro atoms. The third kappa shape index (κ3) is 5.03. The lowest BCUT2D eigenvalue weighted by Crippen LogP contribution is -2.14. The van der Waals surface area contributed by atoms with Gasteiger partial charge >= 0.3 is 0 Å². The lowest BCUT2D eigenvalue weighted by molar-refractivity contribution is 0.600. The fraction of sp³-hybridized carbons (Fsp3) is 0.238. The van der Waals surface area contributed by atoms with Gasteiger partial charge in [-0.05, 0) is 56.7 Å². The number of rotatable bonds is 6. The van der Waals surface area contributed by atoms with Gasteiger partial charge in [-0.1, -0.05) is 17.7 Å². The zero-order chi connectivity index (χ0) is 21.2. The van der Waals surface area contributed by atoms with Crippen LogP contribution in [0.15, 0.2) is 53.4 Å². The molecule has 0 unspecified atom stereocenters. The van der Waals surface area contributed by atoms with Crippen LogP contribution in [-0.4, -0.2) is 32.5 Å². The van der Waals surface area contributed by atoms with Gasteiger partial charge in [0.2, 0.25) is 0 Å². The van der Waals surface area contributed by atoms with Crippen LogP contribution in [0.3, 0.4) is 0 Å². The minimum Gasteiger partial charge on any atom is -0.363 e. The van der Waals surface area contributed by atoms with Crippen LogP contribution in [0, 0.1) is 20.8 Å². The molecule has 2 aromatic carbocycles. The Labute approximate surface area is 171 Å². The van der Waals surface area contributed by atoms with E-state index in [1.165, 1.54) is 0 Å². The summed E-state index contributed by atoms with van der Waals surface area (Å²) in [5.41, 5.74) is 3.02. The summed E-state index contributed by atoms with van der Waals surface area (Å²) in [7, 11) is 0.188. The molecule has 0 radical (unpaired) electrons. The SMILES string of the molecule is Cc1ccc(S(=O)(=O)Nc2ccc(Nc3cc(N(C)C)nc(C)n3)cc2)c(C)c1. The molecule has 7 nitrogen and oxygen atoms in total. The van der Waals surface area contributed by atoms with Gasteiger partial charge < -0.3 is 10.2 Å². The molecule has 1 heterocycles. The molecule has 0 fully saturated rings. The van der Waals surface area contributed by atoms with Crippen molar-refractivity contribution in [3.63, 3.8) is 0 Å². The van der Waals surface area contributed by atoms with Gasteiger partial charge in [-0.25, -0.2) is 18.4 Å². The van der Waals surface area contributed by atoms with Crippen molar-refractivity contribution in [3.05, 3.63) is 65.5 Å². The first-order valence-corrected chi connectivity index (χ1v) is 10.6. The Kier molecular flexibility index (Phi) is 5.74. The summed E-state index contributed by atoms with van der Waals surface area (Å²) in [4.78, 5) is 10.9. The maximum atomic E-state index is 12.7. The van der Waals surface area contributed by atoms with Crippen LogP contribution in [0.4, 0.5) is 23.0 Å². The van der Waals surface area contributed by atoms with Crippen LogP contribution in [0.25, 0.3) is 0 Å². The van der Waals surface area contributed by atoms with E-state index in [-0.39, 0.29) is 4.90 Å². The predicted molar refractivity (Wildman–Crippen MR) is 118 cm³/mol. The monoisotopic (exact) mass is 411 g/mol. The van der Waals surface area contributed by atoms with Crippen molar-refractivity contribution >= 4 is 33.0 Å². The number of aryl methyl sites for hydroxylation is 3. The summed E-state index contributed by atoms with van der Waals surface area (Å²) in [5.74, 6) is 2.14. The van der Waals surface area contributed by atoms with E-state index >= 15 is 0 Å². The second kappa shape index (κ2) is 8.08. The zero-order valence-corrected chi connectivity index (χ0v) is 18.0. The van der Waals surface area contributed by atoms with Crippen LogP contribution in [-0.2, 0) is 10.0 Å². The van der Waals surface area contributed by atoms with Gasteiger partial charge in [-0.3, -0.25) is 4.72 Å². The lowest BCUT2D eigenvalue weighted by atomic mass is 10.2. The van der Waals surface area contributed by atoms with Crippen molar-refractivity contribution in [1.82, 2.24) is 9.97 Å². The standard InChI is InChI=1S/C21H25N5O2S/c1-14-6-11-19(15(2)12-14)29(27,28)25-18-9-7-17(8-10-18)24-20-13-21(26(4)5)23-16(3)22-20/h6-13,25H,1-5H3,(H,22,23,24). The van der Waals surface area contributed by atoms with Crippen molar-refractivity contribution in [3.8, 4) is 0 Å². The number of benzene rings is 2. The molecule has 0 aliphatic rings. The molecule has 0 saturated carbocycles. The third-order valence-electron chi connectivity index (χ3n) is 4.31. The van der Waals surface area contributed by atoms with Crippen LogP contribution in [0.2, 0.25) is 0 Å². The first-order valence-electron chi connectivity index (χ1n) is 9.14. The first kappa shape index (κ1) is 20.6. The molecule has 0 atom stereocenters. The Bertz CT molecular complexity index is 1130. The first-order chi connectivity index (χ1) is 13.6. The van der Waals surface area contributed by atoms with Crippen molar-refractivity contribution in [2.45, 2.75) is 25.7 Å². The number of sulfonamides is 1. The molecular weight excluding hydrogens is 386 g/mol. The van der Waals surface area contributed by atoms with Crippen molar-refractivity contribution in [2.75, 3.05) is 29.0 Å².